The number of ketones is 1. The summed E-state index contributed by atoms with van der Waals surface area (Å²) in [4.78, 5) is 14.2. The van der Waals surface area contributed by atoms with Crippen molar-refractivity contribution >= 4 is 5.78 Å². The van der Waals surface area contributed by atoms with E-state index in [0.29, 0.717) is 12.5 Å². The summed E-state index contributed by atoms with van der Waals surface area (Å²) in [6, 6.07) is 9.55. The van der Waals surface area contributed by atoms with Crippen molar-refractivity contribution in [3.63, 3.8) is 0 Å². The Labute approximate surface area is 109 Å². The summed E-state index contributed by atoms with van der Waals surface area (Å²) in [7, 11) is 2.04. The molecule has 1 aromatic carbocycles. The van der Waals surface area contributed by atoms with E-state index >= 15 is 0 Å². The highest BCUT2D eigenvalue weighted by molar-refractivity contribution is 5.97. The van der Waals surface area contributed by atoms with Crippen LogP contribution in [0.15, 0.2) is 42.5 Å². The van der Waals surface area contributed by atoms with Crippen LogP contribution in [0.1, 0.15) is 29.6 Å². The molecule has 1 aromatic rings. The van der Waals surface area contributed by atoms with Gasteiger partial charge in [0.15, 0.2) is 5.78 Å². The smallest absolute Gasteiger partial charge is 0.176 e. The lowest BCUT2D eigenvalue weighted by Gasteiger charge is -2.24. The minimum Gasteiger partial charge on any atom is -0.299 e. The second-order valence-electron chi connectivity index (χ2n) is 5.14. The maximum atomic E-state index is 12.0. The first-order valence-corrected chi connectivity index (χ1v) is 6.67. The van der Waals surface area contributed by atoms with Gasteiger partial charge in [-0.3, -0.25) is 9.69 Å². The molecule has 0 saturated carbocycles. The largest absolute Gasteiger partial charge is 0.299 e. The zero-order valence-electron chi connectivity index (χ0n) is 11.0. The summed E-state index contributed by atoms with van der Waals surface area (Å²) in [6.07, 6.45) is 8.11. The van der Waals surface area contributed by atoms with E-state index in [1.54, 1.807) is 0 Å². The lowest BCUT2D eigenvalue weighted by molar-refractivity contribution is 0.0936. The van der Waals surface area contributed by atoms with Gasteiger partial charge in [0.25, 0.3) is 0 Å². The van der Waals surface area contributed by atoms with Crippen LogP contribution in [0, 0.1) is 5.92 Å². The molecular weight excluding hydrogens is 222 g/mol. The lowest BCUT2D eigenvalue weighted by atomic mass is 9.94. The molecule has 0 bridgehead atoms. The maximum absolute atomic E-state index is 12.0. The monoisotopic (exact) mass is 243 g/mol. The first kappa shape index (κ1) is 13.0. The highest BCUT2D eigenvalue weighted by atomic mass is 16.1. The molecule has 1 aliphatic carbocycles. The van der Waals surface area contributed by atoms with E-state index in [1.165, 1.54) is 12.8 Å². The van der Waals surface area contributed by atoms with Gasteiger partial charge in [-0.15, -0.1) is 0 Å². The molecule has 2 nitrogen and oxygen atoms in total. The molecule has 1 aliphatic rings. The zero-order chi connectivity index (χ0) is 12.8. The van der Waals surface area contributed by atoms with Crippen molar-refractivity contribution in [1.82, 2.24) is 4.90 Å². The number of carbonyl (C=O) groups is 1. The number of benzene rings is 1. The van der Waals surface area contributed by atoms with Crippen molar-refractivity contribution in [2.45, 2.75) is 19.3 Å². The van der Waals surface area contributed by atoms with Crippen molar-refractivity contribution in [2.75, 3.05) is 20.1 Å². The summed E-state index contributed by atoms with van der Waals surface area (Å²) in [6.45, 7) is 1.53. The number of carbonyl (C=O) groups excluding carboxylic acids is 1. The average Bonchev–Trinajstić information content (AvgIpc) is 2.40. The van der Waals surface area contributed by atoms with Crippen LogP contribution in [0.25, 0.3) is 0 Å². The van der Waals surface area contributed by atoms with Crippen LogP contribution in [0.4, 0.5) is 0 Å². The molecule has 0 saturated heterocycles. The molecule has 1 unspecified atom stereocenters. The van der Waals surface area contributed by atoms with E-state index in [1.807, 2.05) is 37.4 Å². The minimum atomic E-state index is 0.212. The maximum Gasteiger partial charge on any atom is 0.176 e. The van der Waals surface area contributed by atoms with E-state index in [4.69, 9.17) is 0 Å². The Hall–Kier alpha value is -1.41. The predicted octanol–water partition coefficient (Wildman–Crippen LogP) is 3.16. The number of hydrogen-bond acceptors (Lipinski definition) is 2. The summed E-state index contributed by atoms with van der Waals surface area (Å²) in [5.41, 5.74) is 0.813. The number of nitrogens with zero attached hydrogens (tertiary/aromatic N) is 1. The topological polar surface area (TPSA) is 20.3 Å². The van der Waals surface area contributed by atoms with Gasteiger partial charge in [-0.05, 0) is 32.2 Å². The summed E-state index contributed by atoms with van der Waals surface area (Å²) < 4.78 is 0. The second-order valence-corrected chi connectivity index (χ2v) is 5.14. The van der Waals surface area contributed by atoms with Gasteiger partial charge in [0, 0.05) is 12.1 Å². The molecule has 0 fully saturated rings. The number of hydrogen-bond donors (Lipinski definition) is 0. The summed E-state index contributed by atoms with van der Waals surface area (Å²) in [5.74, 6) is 0.924. The molecule has 0 amide bonds. The molecule has 96 valence electrons. The molecular formula is C16H21NO. The fraction of sp³-hybridized carbons (Fsp3) is 0.438. The van der Waals surface area contributed by atoms with Crippen molar-refractivity contribution in [2.24, 2.45) is 5.92 Å². The number of rotatable bonds is 5. The Morgan fingerprint density at radius 1 is 1.28 bits per heavy atom. The molecule has 1 atom stereocenters. The van der Waals surface area contributed by atoms with Crippen molar-refractivity contribution in [3.05, 3.63) is 48.0 Å². The minimum absolute atomic E-state index is 0.212. The Bertz CT molecular complexity index is 410. The van der Waals surface area contributed by atoms with Crippen molar-refractivity contribution in [1.29, 1.82) is 0 Å². The average molecular weight is 243 g/mol. The van der Waals surface area contributed by atoms with E-state index < -0.39 is 0 Å². The van der Waals surface area contributed by atoms with Crippen LogP contribution in [0.5, 0.6) is 0 Å². The Morgan fingerprint density at radius 3 is 2.72 bits per heavy atom. The van der Waals surface area contributed by atoms with Gasteiger partial charge < -0.3 is 0 Å². The van der Waals surface area contributed by atoms with Crippen LogP contribution < -0.4 is 0 Å². The van der Waals surface area contributed by atoms with Gasteiger partial charge in [0.2, 0.25) is 0 Å². The zero-order valence-corrected chi connectivity index (χ0v) is 11.0. The molecule has 18 heavy (non-hydrogen) atoms. The molecule has 0 radical (unpaired) electrons. The standard InChI is InChI=1S/C16H21NO/c1-17(12-14-8-4-2-5-9-14)13-16(18)15-10-6-3-7-11-15/h2-4,6-7,10-11,14H,5,8-9,12-13H2,1H3. The van der Waals surface area contributed by atoms with E-state index in [2.05, 4.69) is 17.1 Å². The fourth-order valence-corrected chi connectivity index (χ4v) is 2.49. The summed E-state index contributed by atoms with van der Waals surface area (Å²) >= 11 is 0. The van der Waals surface area contributed by atoms with Crippen LogP contribution in [-0.4, -0.2) is 30.8 Å². The van der Waals surface area contributed by atoms with Gasteiger partial charge in [-0.2, -0.15) is 0 Å². The van der Waals surface area contributed by atoms with Crippen LogP contribution in [0.3, 0.4) is 0 Å². The van der Waals surface area contributed by atoms with Gasteiger partial charge >= 0.3 is 0 Å². The first-order chi connectivity index (χ1) is 8.75. The van der Waals surface area contributed by atoms with E-state index in [-0.39, 0.29) is 5.78 Å². The Balaban J connectivity index is 1.82. The number of allylic oxidation sites excluding steroid dienone is 2. The summed E-state index contributed by atoms with van der Waals surface area (Å²) in [5, 5.41) is 0. The van der Waals surface area contributed by atoms with Crippen LogP contribution in [-0.2, 0) is 0 Å². The SMILES string of the molecule is CN(CC(=O)c1ccccc1)CC1CC=CCC1. The fourth-order valence-electron chi connectivity index (χ4n) is 2.49. The Morgan fingerprint density at radius 2 is 2.06 bits per heavy atom. The van der Waals surface area contributed by atoms with Gasteiger partial charge in [-0.1, -0.05) is 42.5 Å². The van der Waals surface area contributed by atoms with E-state index in [0.717, 1.165) is 18.5 Å². The molecule has 0 aliphatic heterocycles. The van der Waals surface area contributed by atoms with Gasteiger partial charge in [0.05, 0.1) is 6.54 Å². The normalized spacial score (nSPS) is 19.1. The molecule has 0 spiro atoms. The number of Topliss-reactive ketones (excluding diaryl/α,β-unsaturated/α-hetero) is 1. The van der Waals surface area contributed by atoms with E-state index in [9.17, 15) is 4.79 Å². The third-order valence-electron chi connectivity index (χ3n) is 3.46. The lowest BCUT2D eigenvalue weighted by Crippen LogP contribution is -2.31. The number of likely N-dealkylation sites (N-methyl/N-ethyl adjacent to an activating group) is 1. The third-order valence-corrected chi connectivity index (χ3v) is 3.46. The molecule has 0 heterocycles. The van der Waals surface area contributed by atoms with Crippen molar-refractivity contribution in [3.8, 4) is 0 Å². The predicted molar refractivity (Wildman–Crippen MR) is 74.8 cm³/mol. The molecule has 2 rings (SSSR count). The highest BCUT2D eigenvalue weighted by Crippen LogP contribution is 2.18. The third kappa shape index (κ3) is 3.81. The Kier molecular flexibility index (Phi) is 4.71. The second kappa shape index (κ2) is 6.50. The highest BCUT2D eigenvalue weighted by Gasteiger charge is 2.15. The first-order valence-electron chi connectivity index (χ1n) is 6.67. The van der Waals surface area contributed by atoms with Gasteiger partial charge in [0.1, 0.15) is 0 Å². The van der Waals surface area contributed by atoms with Crippen LogP contribution >= 0.6 is 0 Å². The molecule has 2 heteroatoms. The molecule has 0 N–H and O–H groups in total. The molecule has 0 aromatic heterocycles. The van der Waals surface area contributed by atoms with Crippen molar-refractivity contribution < 1.29 is 4.79 Å². The van der Waals surface area contributed by atoms with Gasteiger partial charge in [-0.25, -0.2) is 0 Å². The van der Waals surface area contributed by atoms with Crippen LogP contribution in [0.2, 0.25) is 0 Å². The quantitative estimate of drug-likeness (QED) is 0.585.